The van der Waals surface area contributed by atoms with E-state index in [4.69, 9.17) is 12.2 Å². The van der Waals surface area contributed by atoms with Gasteiger partial charge in [-0.1, -0.05) is 19.1 Å². The molecule has 0 bridgehead atoms. The van der Waals surface area contributed by atoms with Crippen molar-refractivity contribution in [3.8, 4) is 0 Å². The number of hydrogen-bond donors (Lipinski definition) is 2. The maximum atomic E-state index is 11.3. The standard InChI is InChI=1S/C14H19N3OS/c1-2-13(18)16-14(19)15-11-7-3-4-8-12(11)17-9-5-6-10-17/h3-4,7-8H,2,5-6,9-10H2,1H3,(H2,15,16,18,19). The van der Waals surface area contributed by atoms with E-state index in [0.717, 1.165) is 24.5 Å². The number of rotatable bonds is 3. The van der Waals surface area contributed by atoms with E-state index in [1.54, 1.807) is 6.92 Å². The van der Waals surface area contributed by atoms with Crippen molar-refractivity contribution in [3.05, 3.63) is 24.3 Å². The highest BCUT2D eigenvalue weighted by Crippen LogP contribution is 2.28. The second-order valence-corrected chi connectivity index (χ2v) is 4.98. The van der Waals surface area contributed by atoms with E-state index in [0.29, 0.717) is 11.5 Å². The van der Waals surface area contributed by atoms with Gasteiger partial charge in [-0.25, -0.2) is 0 Å². The smallest absolute Gasteiger partial charge is 0.225 e. The zero-order valence-corrected chi connectivity index (χ0v) is 11.9. The van der Waals surface area contributed by atoms with Crippen molar-refractivity contribution in [3.63, 3.8) is 0 Å². The molecule has 2 rings (SSSR count). The molecule has 1 saturated heterocycles. The van der Waals surface area contributed by atoms with E-state index >= 15 is 0 Å². The Morgan fingerprint density at radius 2 is 2.00 bits per heavy atom. The third kappa shape index (κ3) is 3.67. The number of hydrogen-bond acceptors (Lipinski definition) is 3. The Morgan fingerprint density at radius 3 is 2.68 bits per heavy atom. The Bertz CT molecular complexity index is 470. The zero-order valence-electron chi connectivity index (χ0n) is 11.1. The third-order valence-corrected chi connectivity index (χ3v) is 3.38. The number of para-hydroxylation sites is 2. The fourth-order valence-corrected chi connectivity index (χ4v) is 2.41. The summed E-state index contributed by atoms with van der Waals surface area (Å²) in [4.78, 5) is 13.6. The van der Waals surface area contributed by atoms with Gasteiger partial charge in [0.15, 0.2) is 5.11 Å². The van der Waals surface area contributed by atoms with Crippen LogP contribution in [-0.4, -0.2) is 24.1 Å². The molecule has 0 aromatic heterocycles. The number of carbonyl (C=O) groups excluding carboxylic acids is 1. The maximum Gasteiger partial charge on any atom is 0.225 e. The number of nitrogens with one attached hydrogen (secondary N) is 2. The van der Waals surface area contributed by atoms with Gasteiger partial charge in [-0.15, -0.1) is 0 Å². The molecule has 5 heteroatoms. The minimum absolute atomic E-state index is 0.0730. The van der Waals surface area contributed by atoms with E-state index in [1.807, 2.05) is 18.2 Å². The second kappa shape index (κ2) is 6.52. The lowest BCUT2D eigenvalue weighted by atomic mass is 10.2. The number of thiocarbonyl (C=S) groups is 1. The zero-order chi connectivity index (χ0) is 13.7. The summed E-state index contributed by atoms with van der Waals surface area (Å²) in [6, 6.07) is 8.05. The molecule has 1 aromatic rings. The van der Waals surface area contributed by atoms with Gasteiger partial charge in [0.25, 0.3) is 0 Å². The van der Waals surface area contributed by atoms with Gasteiger partial charge in [-0.2, -0.15) is 0 Å². The van der Waals surface area contributed by atoms with Crippen LogP contribution in [0.3, 0.4) is 0 Å². The lowest BCUT2D eigenvalue weighted by Crippen LogP contribution is -2.34. The van der Waals surface area contributed by atoms with E-state index < -0.39 is 0 Å². The normalized spacial score (nSPS) is 14.3. The molecule has 0 radical (unpaired) electrons. The summed E-state index contributed by atoms with van der Waals surface area (Å²) in [7, 11) is 0. The van der Waals surface area contributed by atoms with Crippen LogP contribution in [0.1, 0.15) is 26.2 Å². The highest BCUT2D eigenvalue weighted by Gasteiger charge is 2.15. The van der Waals surface area contributed by atoms with Crippen LogP contribution in [0, 0.1) is 0 Å². The summed E-state index contributed by atoms with van der Waals surface area (Å²) in [6.07, 6.45) is 2.88. The summed E-state index contributed by atoms with van der Waals surface area (Å²) >= 11 is 5.15. The number of benzene rings is 1. The van der Waals surface area contributed by atoms with Crippen LogP contribution in [-0.2, 0) is 4.79 Å². The summed E-state index contributed by atoms with van der Waals surface area (Å²) in [6.45, 7) is 3.95. The molecule has 102 valence electrons. The Morgan fingerprint density at radius 1 is 1.32 bits per heavy atom. The molecular weight excluding hydrogens is 258 g/mol. The summed E-state index contributed by atoms with van der Waals surface area (Å²) in [5, 5.41) is 6.13. The van der Waals surface area contributed by atoms with Crippen LogP contribution in [0.5, 0.6) is 0 Å². The van der Waals surface area contributed by atoms with Gasteiger partial charge in [-0.05, 0) is 37.2 Å². The number of amides is 1. The SMILES string of the molecule is CCC(=O)NC(=S)Nc1ccccc1N1CCCC1. The highest BCUT2D eigenvalue weighted by atomic mass is 32.1. The molecule has 1 amide bonds. The first-order valence-electron chi connectivity index (χ1n) is 6.65. The van der Waals surface area contributed by atoms with Crippen molar-refractivity contribution in [2.45, 2.75) is 26.2 Å². The Labute approximate surface area is 119 Å². The monoisotopic (exact) mass is 277 g/mol. The van der Waals surface area contributed by atoms with Gasteiger partial charge in [0.1, 0.15) is 0 Å². The Hall–Kier alpha value is -1.62. The Balaban J connectivity index is 2.07. The number of nitrogens with zero attached hydrogens (tertiary/aromatic N) is 1. The van der Waals surface area contributed by atoms with Crippen molar-refractivity contribution >= 4 is 34.6 Å². The van der Waals surface area contributed by atoms with Crippen LogP contribution in [0.4, 0.5) is 11.4 Å². The van der Waals surface area contributed by atoms with Gasteiger partial charge in [0, 0.05) is 19.5 Å². The molecule has 1 fully saturated rings. The van der Waals surface area contributed by atoms with E-state index in [9.17, 15) is 4.79 Å². The summed E-state index contributed by atoms with van der Waals surface area (Å²) < 4.78 is 0. The quantitative estimate of drug-likeness (QED) is 0.833. The van der Waals surface area contributed by atoms with Gasteiger partial charge >= 0.3 is 0 Å². The van der Waals surface area contributed by atoms with Gasteiger partial charge in [0.05, 0.1) is 11.4 Å². The van der Waals surface area contributed by atoms with Crippen molar-refractivity contribution in [2.75, 3.05) is 23.3 Å². The summed E-state index contributed by atoms with van der Waals surface area (Å²) in [5.41, 5.74) is 2.10. The lowest BCUT2D eigenvalue weighted by molar-refractivity contribution is -0.119. The van der Waals surface area contributed by atoms with Crippen molar-refractivity contribution in [1.82, 2.24) is 5.32 Å². The minimum atomic E-state index is -0.0730. The van der Waals surface area contributed by atoms with Crippen LogP contribution in [0.15, 0.2) is 24.3 Å². The first-order valence-corrected chi connectivity index (χ1v) is 7.06. The Kier molecular flexibility index (Phi) is 4.74. The van der Waals surface area contributed by atoms with Crippen molar-refractivity contribution in [2.24, 2.45) is 0 Å². The van der Waals surface area contributed by atoms with Crippen LogP contribution < -0.4 is 15.5 Å². The van der Waals surface area contributed by atoms with Crippen LogP contribution in [0.2, 0.25) is 0 Å². The first kappa shape index (κ1) is 13.8. The maximum absolute atomic E-state index is 11.3. The molecule has 19 heavy (non-hydrogen) atoms. The first-order chi connectivity index (χ1) is 9.20. The van der Waals surface area contributed by atoms with Gasteiger partial charge < -0.3 is 15.5 Å². The molecule has 0 unspecified atom stereocenters. The molecule has 1 aliphatic heterocycles. The van der Waals surface area contributed by atoms with Crippen molar-refractivity contribution in [1.29, 1.82) is 0 Å². The largest absolute Gasteiger partial charge is 0.370 e. The molecule has 1 aromatic carbocycles. The number of anilines is 2. The molecule has 0 saturated carbocycles. The lowest BCUT2D eigenvalue weighted by Gasteiger charge is -2.22. The predicted octanol–water partition coefficient (Wildman–Crippen LogP) is 2.51. The predicted molar refractivity (Wildman–Crippen MR) is 82.5 cm³/mol. The third-order valence-electron chi connectivity index (χ3n) is 3.17. The highest BCUT2D eigenvalue weighted by molar-refractivity contribution is 7.80. The molecule has 4 nitrogen and oxygen atoms in total. The molecule has 0 atom stereocenters. The molecule has 1 heterocycles. The minimum Gasteiger partial charge on any atom is -0.370 e. The van der Waals surface area contributed by atoms with Gasteiger partial charge in [0.2, 0.25) is 5.91 Å². The topological polar surface area (TPSA) is 44.4 Å². The molecule has 1 aliphatic rings. The fourth-order valence-electron chi connectivity index (χ4n) is 2.18. The van der Waals surface area contributed by atoms with Crippen molar-refractivity contribution < 1.29 is 4.79 Å². The average molecular weight is 277 g/mol. The average Bonchev–Trinajstić information content (AvgIpc) is 2.93. The van der Waals surface area contributed by atoms with Crippen LogP contribution in [0.25, 0.3) is 0 Å². The molecule has 2 N–H and O–H groups in total. The molecule has 0 aliphatic carbocycles. The summed E-state index contributed by atoms with van der Waals surface area (Å²) in [5.74, 6) is -0.0730. The number of carbonyl (C=O) groups is 1. The van der Waals surface area contributed by atoms with E-state index in [-0.39, 0.29) is 5.91 Å². The van der Waals surface area contributed by atoms with E-state index in [1.165, 1.54) is 12.8 Å². The van der Waals surface area contributed by atoms with E-state index in [2.05, 4.69) is 21.6 Å². The van der Waals surface area contributed by atoms with Crippen LogP contribution >= 0.6 is 12.2 Å². The fraction of sp³-hybridized carbons (Fsp3) is 0.429. The second-order valence-electron chi connectivity index (χ2n) is 4.57. The molecular formula is C14H19N3OS. The van der Waals surface area contributed by atoms with Gasteiger partial charge in [-0.3, -0.25) is 4.79 Å². The molecule has 0 spiro atoms.